The molecule has 0 saturated heterocycles. The van der Waals surface area contributed by atoms with E-state index in [2.05, 4.69) is 0 Å². The first kappa shape index (κ1) is 15.9. The summed E-state index contributed by atoms with van der Waals surface area (Å²) in [5.74, 6) is 0. The summed E-state index contributed by atoms with van der Waals surface area (Å²) >= 11 is 3.28. The van der Waals surface area contributed by atoms with E-state index in [1.807, 2.05) is 72.8 Å². The van der Waals surface area contributed by atoms with Gasteiger partial charge in [0.15, 0.2) is 10.9 Å². The highest BCUT2D eigenvalue weighted by atomic mass is 32.1. The first-order valence-electron chi connectivity index (χ1n) is 8.95. The first-order chi connectivity index (χ1) is 13.7. The normalized spacial score (nSPS) is 11.9. The molecule has 28 heavy (non-hydrogen) atoms. The molecule has 6 rings (SSSR count). The van der Waals surface area contributed by atoms with Gasteiger partial charge in [0.1, 0.15) is 0 Å². The monoisotopic (exact) mass is 396 g/mol. The van der Waals surface area contributed by atoms with E-state index in [1.165, 1.54) is 0 Å². The predicted molar refractivity (Wildman–Crippen MR) is 122 cm³/mol. The first-order valence-corrected chi connectivity index (χ1v) is 10.6. The zero-order chi connectivity index (χ0) is 18.8. The van der Waals surface area contributed by atoms with Crippen LogP contribution < -0.4 is 10.9 Å². The van der Waals surface area contributed by atoms with E-state index in [1.54, 1.807) is 22.7 Å². The summed E-state index contributed by atoms with van der Waals surface area (Å²) < 4.78 is 3.94. The molecular formula is C24H12O2S2. The van der Waals surface area contributed by atoms with E-state index in [0.717, 1.165) is 51.1 Å². The fourth-order valence-corrected chi connectivity index (χ4v) is 6.32. The van der Waals surface area contributed by atoms with Crippen LogP contribution in [0.4, 0.5) is 0 Å². The fraction of sp³-hybridized carbons (Fsp3) is 0. The van der Waals surface area contributed by atoms with E-state index < -0.39 is 0 Å². The minimum absolute atomic E-state index is 0.0676. The Morgan fingerprint density at radius 1 is 0.429 bits per heavy atom. The molecule has 0 bridgehead atoms. The van der Waals surface area contributed by atoms with Crippen molar-refractivity contribution in [2.75, 3.05) is 0 Å². The molecule has 132 valence electrons. The maximum absolute atomic E-state index is 13.0. The van der Waals surface area contributed by atoms with Crippen LogP contribution in [0.15, 0.2) is 82.4 Å². The summed E-state index contributed by atoms with van der Waals surface area (Å²) in [5, 5.41) is 5.06. The summed E-state index contributed by atoms with van der Waals surface area (Å²) in [5.41, 5.74) is 0.135. The van der Waals surface area contributed by atoms with Crippen LogP contribution in [0.25, 0.3) is 51.1 Å². The molecule has 4 aromatic carbocycles. The highest BCUT2D eigenvalue weighted by molar-refractivity contribution is 7.26. The molecular weight excluding hydrogens is 384 g/mol. The molecule has 4 heteroatoms. The molecule has 0 spiro atoms. The molecule has 0 aliphatic heterocycles. The zero-order valence-corrected chi connectivity index (χ0v) is 16.2. The van der Waals surface area contributed by atoms with Crippen molar-refractivity contribution in [3.05, 3.63) is 93.2 Å². The molecule has 0 N–H and O–H groups in total. The van der Waals surface area contributed by atoms with Gasteiger partial charge in [-0.2, -0.15) is 0 Å². The average molecular weight is 396 g/mol. The third-order valence-corrected chi connectivity index (χ3v) is 7.72. The van der Waals surface area contributed by atoms with Crippen molar-refractivity contribution < 1.29 is 0 Å². The van der Waals surface area contributed by atoms with E-state index in [-0.39, 0.29) is 10.9 Å². The molecule has 2 nitrogen and oxygen atoms in total. The summed E-state index contributed by atoms with van der Waals surface area (Å²) in [4.78, 5) is 26.0. The second-order valence-corrected chi connectivity index (χ2v) is 8.94. The number of rotatable bonds is 0. The van der Waals surface area contributed by atoms with Crippen LogP contribution in [-0.4, -0.2) is 0 Å². The van der Waals surface area contributed by atoms with Gasteiger partial charge in [-0.15, -0.1) is 22.7 Å². The highest BCUT2D eigenvalue weighted by Crippen LogP contribution is 2.36. The number of hydrogen-bond donors (Lipinski definition) is 0. The van der Waals surface area contributed by atoms with Crippen molar-refractivity contribution >= 4 is 73.8 Å². The van der Waals surface area contributed by atoms with Gasteiger partial charge >= 0.3 is 0 Å². The van der Waals surface area contributed by atoms with Crippen LogP contribution in [-0.2, 0) is 0 Å². The van der Waals surface area contributed by atoms with E-state index in [0.29, 0.717) is 0 Å². The molecule has 0 unspecified atom stereocenters. The molecule has 0 aliphatic rings. The third kappa shape index (κ3) is 2.07. The van der Waals surface area contributed by atoms with Crippen molar-refractivity contribution in [2.45, 2.75) is 0 Å². The van der Waals surface area contributed by atoms with E-state index in [4.69, 9.17) is 0 Å². The predicted octanol–water partition coefficient (Wildman–Crippen LogP) is 6.30. The second kappa shape index (κ2) is 5.71. The Balaban J connectivity index is 1.87. The van der Waals surface area contributed by atoms with Crippen molar-refractivity contribution in [1.29, 1.82) is 0 Å². The van der Waals surface area contributed by atoms with Gasteiger partial charge in [0, 0.05) is 51.1 Å². The van der Waals surface area contributed by atoms with Gasteiger partial charge in [-0.25, -0.2) is 0 Å². The summed E-state index contributed by atoms with van der Waals surface area (Å²) in [6.07, 6.45) is 0. The molecule has 0 saturated carbocycles. The Labute approximate surface area is 166 Å². The maximum Gasteiger partial charge on any atom is 0.195 e. The lowest BCUT2D eigenvalue weighted by molar-refractivity contribution is 1.76. The van der Waals surface area contributed by atoms with Crippen LogP contribution in [0.1, 0.15) is 0 Å². The van der Waals surface area contributed by atoms with Gasteiger partial charge in [-0.1, -0.05) is 36.4 Å². The number of benzene rings is 4. The maximum atomic E-state index is 13.0. The van der Waals surface area contributed by atoms with Crippen molar-refractivity contribution in [1.82, 2.24) is 0 Å². The Morgan fingerprint density at radius 3 is 1.29 bits per heavy atom. The largest absolute Gasteiger partial charge is 0.289 e. The topological polar surface area (TPSA) is 34.1 Å². The summed E-state index contributed by atoms with van der Waals surface area (Å²) in [7, 11) is 0. The Morgan fingerprint density at radius 2 is 0.821 bits per heavy atom. The van der Waals surface area contributed by atoms with Crippen LogP contribution in [0.5, 0.6) is 0 Å². The van der Waals surface area contributed by atoms with Crippen LogP contribution >= 0.6 is 22.7 Å². The average Bonchev–Trinajstić information content (AvgIpc) is 2.74. The van der Waals surface area contributed by atoms with Crippen LogP contribution in [0.3, 0.4) is 0 Å². The number of fused-ring (bicyclic) bond motifs is 7. The van der Waals surface area contributed by atoms with Crippen LogP contribution in [0.2, 0.25) is 0 Å². The Hall–Kier alpha value is -3.08. The Bertz CT molecular complexity index is 1580. The van der Waals surface area contributed by atoms with Gasteiger partial charge in [-0.3, -0.25) is 9.59 Å². The smallest absolute Gasteiger partial charge is 0.195 e. The van der Waals surface area contributed by atoms with Crippen molar-refractivity contribution in [3.63, 3.8) is 0 Å². The van der Waals surface area contributed by atoms with Gasteiger partial charge in [0.05, 0.1) is 0 Å². The lowest BCUT2D eigenvalue weighted by Gasteiger charge is -2.08. The summed E-state index contributed by atoms with van der Waals surface area (Å²) in [6, 6.07) is 23.3. The van der Waals surface area contributed by atoms with Crippen molar-refractivity contribution in [2.24, 2.45) is 0 Å². The van der Waals surface area contributed by atoms with E-state index in [9.17, 15) is 9.59 Å². The molecule has 0 radical (unpaired) electrons. The number of hydrogen-bond acceptors (Lipinski definition) is 4. The lowest BCUT2D eigenvalue weighted by Crippen LogP contribution is -2.02. The quantitative estimate of drug-likeness (QED) is 0.223. The third-order valence-electron chi connectivity index (χ3n) is 5.28. The van der Waals surface area contributed by atoms with Crippen LogP contribution in [0, 0.1) is 0 Å². The van der Waals surface area contributed by atoms with Gasteiger partial charge in [-0.05, 0) is 36.4 Å². The molecule has 0 fully saturated rings. The standard InChI is InChI=1S/C24H12O2S2/c25-21-15-5-1-3-7-19(15)27-23-13-10-12-18-22(26)16-6-2-4-8-20(16)28-24(18)14(13)9-11-17(21)23/h1-12H. The minimum atomic E-state index is 0.0676. The van der Waals surface area contributed by atoms with Crippen molar-refractivity contribution in [3.8, 4) is 0 Å². The van der Waals surface area contributed by atoms with Gasteiger partial charge in [0.25, 0.3) is 0 Å². The van der Waals surface area contributed by atoms with E-state index >= 15 is 0 Å². The highest BCUT2D eigenvalue weighted by Gasteiger charge is 2.13. The SMILES string of the molecule is O=c1c2ccccc2sc2c1ccc1c2ccc2c(=O)c3ccccc3sc21. The zero-order valence-electron chi connectivity index (χ0n) is 14.6. The molecule has 0 aliphatic carbocycles. The molecule has 6 aromatic rings. The lowest BCUT2D eigenvalue weighted by atomic mass is 10.0. The fourth-order valence-electron chi connectivity index (χ4n) is 3.92. The molecule has 0 amide bonds. The molecule has 0 atom stereocenters. The van der Waals surface area contributed by atoms with Gasteiger partial charge in [0.2, 0.25) is 0 Å². The summed E-state index contributed by atoms with van der Waals surface area (Å²) in [6.45, 7) is 0. The molecule has 2 aromatic heterocycles. The molecule has 2 heterocycles. The Kier molecular flexibility index (Phi) is 3.25. The minimum Gasteiger partial charge on any atom is -0.289 e. The van der Waals surface area contributed by atoms with Gasteiger partial charge < -0.3 is 0 Å². The second-order valence-electron chi connectivity index (χ2n) is 6.83.